The van der Waals surface area contributed by atoms with Gasteiger partial charge in [0.05, 0.1) is 5.52 Å². The van der Waals surface area contributed by atoms with E-state index in [1.54, 1.807) is 0 Å². The first-order chi connectivity index (χ1) is 8.75. The van der Waals surface area contributed by atoms with Gasteiger partial charge in [0.2, 0.25) is 0 Å². The number of rotatable bonds is 4. The Balaban J connectivity index is 0.00000133. The molecule has 2 aromatic rings. The molecule has 102 valence electrons. The second-order valence-corrected chi connectivity index (χ2v) is 4.83. The number of nitrogens with two attached hydrogens (primary N) is 1. The zero-order chi connectivity index (χ0) is 12.5. The lowest BCUT2D eigenvalue weighted by Gasteiger charge is -2.10. The van der Waals surface area contributed by atoms with Crippen molar-refractivity contribution in [2.45, 2.75) is 18.9 Å². The minimum atomic E-state index is -0.163. The molecule has 0 aliphatic heterocycles. The van der Waals surface area contributed by atoms with Crippen LogP contribution < -0.4 is 11.1 Å². The van der Waals surface area contributed by atoms with E-state index < -0.39 is 0 Å². The molecular formula is C13H17ClN4O. The van der Waals surface area contributed by atoms with E-state index in [9.17, 15) is 4.79 Å². The van der Waals surface area contributed by atoms with E-state index in [0.29, 0.717) is 18.2 Å². The third-order valence-corrected chi connectivity index (χ3v) is 3.41. The third-order valence-electron chi connectivity index (χ3n) is 3.41. The monoisotopic (exact) mass is 280 g/mol. The molecule has 4 N–H and O–H groups in total. The van der Waals surface area contributed by atoms with Crippen LogP contribution >= 0.6 is 12.4 Å². The van der Waals surface area contributed by atoms with Crippen LogP contribution in [0.1, 0.15) is 23.3 Å². The van der Waals surface area contributed by atoms with E-state index in [1.165, 1.54) is 12.8 Å². The van der Waals surface area contributed by atoms with Gasteiger partial charge >= 0.3 is 0 Å². The van der Waals surface area contributed by atoms with Crippen molar-refractivity contribution in [2.75, 3.05) is 6.54 Å². The summed E-state index contributed by atoms with van der Waals surface area (Å²) in [6.45, 7) is 0.519. The van der Waals surface area contributed by atoms with Gasteiger partial charge in [-0.3, -0.25) is 9.89 Å². The molecule has 1 atom stereocenters. The lowest BCUT2D eigenvalue weighted by atomic mass is 10.2. The van der Waals surface area contributed by atoms with Crippen LogP contribution in [0, 0.1) is 5.92 Å². The second kappa shape index (κ2) is 5.59. The van der Waals surface area contributed by atoms with Crippen LogP contribution in [-0.2, 0) is 0 Å². The zero-order valence-corrected chi connectivity index (χ0v) is 11.2. The van der Waals surface area contributed by atoms with E-state index in [2.05, 4.69) is 15.5 Å². The fourth-order valence-electron chi connectivity index (χ4n) is 2.12. The minimum absolute atomic E-state index is 0. The van der Waals surface area contributed by atoms with Gasteiger partial charge in [-0.25, -0.2) is 0 Å². The average Bonchev–Trinajstić information content (AvgIpc) is 3.15. The van der Waals surface area contributed by atoms with Crippen molar-refractivity contribution in [2.24, 2.45) is 11.7 Å². The summed E-state index contributed by atoms with van der Waals surface area (Å²) in [6.07, 6.45) is 2.37. The molecule has 0 saturated heterocycles. The Bertz CT molecular complexity index is 579. The first-order valence-corrected chi connectivity index (χ1v) is 6.22. The summed E-state index contributed by atoms with van der Waals surface area (Å²) >= 11 is 0. The molecule has 1 fully saturated rings. The molecular weight excluding hydrogens is 264 g/mol. The quantitative estimate of drug-likeness (QED) is 0.793. The van der Waals surface area contributed by atoms with Crippen molar-refractivity contribution in [3.05, 3.63) is 30.0 Å². The summed E-state index contributed by atoms with van der Waals surface area (Å²) in [5, 5.41) is 10.6. The number of para-hydroxylation sites is 1. The number of nitrogens with zero attached hydrogens (tertiary/aromatic N) is 1. The van der Waals surface area contributed by atoms with E-state index in [0.717, 1.165) is 10.9 Å². The number of H-pyrrole nitrogens is 1. The Labute approximate surface area is 117 Å². The van der Waals surface area contributed by atoms with Crippen molar-refractivity contribution in [3.63, 3.8) is 0 Å². The predicted octanol–water partition coefficient (Wildman–Crippen LogP) is 1.45. The molecule has 1 aliphatic rings. The number of aromatic amines is 1. The third kappa shape index (κ3) is 2.88. The number of hydrogen-bond donors (Lipinski definition) is 3. The average molecular weight is 281 g/mol. The van der Waals surface area contributed by atoms with E-state index in [4.69, 9.17) is 5.73 Å². The fraction of sp³-hybridized carbons (Fsp3) is 0.385. The molecule has 19 heavy (non-hydrogen) atoms. The molecule has 0 radical (unpaired) electrons. The Hall–Kier alpha value is -1.59. The maximum Gasteiger partial charge on any atom is 0.272 e. The van der Waals surface area contributed by atoms with E-state index in [-0.39, 0.29) is 24.4 Å². The van der Waals surface area contributed by atoms with Crippen molar-refractivity contribution in [3.8, 4) is 0 Å². The van der Waals surface area contributed by atoms with Gasteiger partial charge in [-0.2, -0.15) is 5.10 Å². The van der Waals surface area contributed by atoms with Crippen LogP contribution in [0.15, 0.2) is 24.3 Å². The van der Waals surface area contributed by atoms with Gasteiger partial charge in [0, 0.05) is 18.0 Å². The number of fused-ring (bicyclic) bond motifs is 1. The highest BCUT2D eigenvalue weighted by molar-refractivity contribution is 6.04. The number of carbonyl (C=O) groups is 1. The molecule has 1 unspecified atom stereocenters. The molecule has 1 amide bonds. The number of amides is 1. The minimum Gasteiger partial charge on any atom is -0.349 e. The number of aromatic nitrogens is 2. The zero-order valence-electron chi connectivity index (χ0n) is 10.4. The summed E-state index contributed by atoms with van der Waals surface area (Å²) in [4.78, 5) is 12.0. The molecule has 3 rings (SSSR count). The standard InChI is InChI=1S/C13H16N4O.ClH/c14-10(8-5-6-8)7-15-13(18)12-9-3-1-2-4-11(9)16-17-12;/h1-4,8,10H,5-7,14H2,(H,15,18)(H,16,17);1H. The summed E-state index contributed by atoms with van der Waals surface area (Å²) in [7, 11) is 0. The topological polar surface area (TPSA) is 83.8 Å². The summed E-state index contributed by atoms with van der Waals surface area (Å²) < 4.78 is 0. The maximum absolute atomic E-state index is 12.0. The summed E-state index contributed by atoms with van der Waals surface area (Å²) in [5.41, 5.74) is 7.26. The number of halogens is 1. The smallest absolute Gasteiger partial charge is 0.272 e. The lowest BCUT2D eigenvalue weighted by molar-refractivity contribution is 0.0947. The van der Waals surface area contributed by atoms with Crippen molar-refractivity contribution in [1.82, 2.24) is 15.5 Å². The molecule has 1 saturated carbocycles. The Kier molecular flexibility index (Phi) is 4.07. The van der Waals surface area contributed by atoms with Crippen LogP contribution in [-0.4, -0.2) is 28.7 Å². The van der Waals surface area contributed by atoms with Gasteiger partial charge in [0.1, 0.15) is 0 Å². The highest BCUT2D eigenvalue weighted by Gasteiger charge is 2.28. The molecule has 0 bridgehead atoms. The van der Waals surface area contributed by atoms with E-state index in [1.807, 2.05) is 24.3 Å². The first kappa shape index (κ1) is 13.8. The number of nitrogens with one attached hydrogen (secondary N) is 2. The van der Waals surface area contributed by atoms with Gasteiger partial charge in [-0.05, 0) is 24.8 Å². The van der Waals surface area contributed by atoms with E-state index >= 15 is 0 Å². The van der Waals surface area contributed by atoms with Gasteiger partial charge in [0.25, 0.3) is 5.91 Å². The highest BCUT2D eigenvalue weighted by atomic mass is 35.5. The normalized spacial score (nSPS) is 15.8. The van der Waals surface area contributed by atoms with Crippen LogP contribution in [0.4, 0.5) is 0 Å². The number of benzene rings is 1. The molecule has 1 aromatic heterocycles. The molecule has 0 spiro atoms. The Morgan fingerprint density at radius 2 is 2.21 bits per heavy atom. The highest BCUT2D eigenvalue weighted by Crippen LogP contribution is 2.31. The molecule has 1 heterocycles. The van der Waals surface area contributed by atoms with Crippen molar-refractivity contribution >= 4 is 29.2 Å². The van der Waals surface area contributed by atoms with Gasteiger partial charge in [-0.1, -0.05) is 18.2 Å². The predicted molar refractivity (Wildman–Crippen MR) is 76.4 cm³/mol. The maximum atomic E-state index is 12.0. The Morgan fingerprint density at radius 1 is 1.47 bits per heavy atom. The summed E-state index contributed by atoms with van der Waals surface area (Å²) in [6, 6.07) is 7.65. The molecule has 1 aromatic carbocycles. The fourth-order valence-corrected chi connectivity index (χ4v) is 2.12. The SMILES string of the molecule is Cl.NC(CNC(=O)c1n[nH]c2ccccc12)C1CC1. The van der Waals surface area contributed by atoms with Crippen LogP contribution in [0.5, 0.6) is 0 Å². The first-order valence-electron chi connectivity index (χ1n) is 6.22. The largest absolute Gasteiger partial charge is 0.349 e. The second-order valence-electron chi connectivity index (χ2n) is 4.83. The van der Waals surface area contributed by atoms with Crippen LogP contribution in [0.2, 0.25) is 0 Å². The van der Waals surface area contributed by atoms with Gasteiger partial charge in [-0.15, -0.1) is 12.4 Å². The molecule has 5 nitrogen and oxygen atoms in total. The number of hydrogen-bond acceptors (Lipinski definition) is 3. The van der Waals surface area contributed by atoms with Gasteiger partial charge in [0.15, 0.2) is 5.69 Å². The van der Waals surface area contributed by atoms with Crippen molar-refractivity contribution < 1.29 is 4.79 Å². The summed E-state index contributed by atoms with van der Waals surface area (Å²) in [5.74, 6) is 0.421. The molecule has 1 aliphatic carbocycles. The van der Waals surface area contributed by atoms with Crippen LogP contribution in [0.25, 0.3) is 10.9 Å². The van der Waals surface area contributed by atoms with Crippen molar-refractivity contribution in [1.29, 1.82) is 0 Å². The van der Waals surface area contributed by atoms with Crippen LogP contribution in [0.3, 0.4) is 0 Å². The molecule has 6 heteroatoms. The Morgan fingerprint density at radius 3 is 2.95 bits per heavy atom. The number of carbonyl (C=O) groups excluding carboxylic acids is 1. The van der Waals surface area contributed by atoms with Gasteiger partial charge < -0.3 is 11.1 Å². The lowest BCUT2D eigenvalue weighted by Crippen LogP contribution is -2.38.